The van der Waals surface area contributed by atoms with Gasteiger partial charge in [0.1, 0.15) is 17.8 Å². The fraction of sp³-hybridized carbons (Fsp3) is 0.800. The van der Waals surface area contributed by atoms with Crippen LogP contribution in [-0.4, -0.2) is 24.2 Å². The minimum Gasteiger partial charge on any atom is -0.361 e. The van der Waals surface area contributed by atoms with Crippen LogP contribution in [0.2, 0.25) is 0 Å². The lowest BCUT2D eigenvalue weighted by molar-refractivity contribution is -2.00. The fourth-order valence-corrected chi connectivity index (χ4v) is 2.81. The Bertz CT molecular complexity index is 445. The number of rotatable bonds is 5. The van der Waals surface area contributed by atoms with Crippen molar-refractivity contribution in [2.24, 2.45) is 0 Å². The Balaban J connectivity index is 0.000000763. The highest BCUT2D eigenvalue weighted by molar-refractivity contribution is 5.57. The highest BCUT2D eigenvalue weighted by atomic mass is 35.7. The second-order valence-corrected chi connectivity index (χ2v) is 7.24. The second kappa shape index (κ2) is 8.26. The van der Waals surface area contributed by atoms with Crippen molar-refractivity contribution in [2.75, 3.05) is 4.90 Å². The summed E-state index contributed by atoms with van der Waals surface area (Å²) in [5.41, 5.74) is 1.44. The Morgan fingerprint density at radius 3 is 1.36 bits per heavy atom. The van der Waals surface area contributed by atoms with E-state index in [1.807, 2.05) is 0 Å². The molecule has 0 aromatic heterocycles. The maximum absolute atomic E-state index is 8.49. The largest absolute Gasteiger partial charge is 0.361 e. The zero-order chi connectivity index (χ0) is 17.8. The maximum atomic E-state index is 8.49. The van der Waals surface area contributed by atoms with Gasteiger partial charge in [-0.15, -0.1) is 10.2 Å². The van der Waals surface area contributed by atoms with Crippen molar-refractivity contribution >= 4 is 5.69 Å². The van der Waals surface area contributed by atoms with E-state index in [-0.39, 0.29) is 0 Å². The molecule has 0 saturated carbocycles. The summed E-state index contributed by atoms with van der Waals surface area (Å²) in [6.45, 7) is 18.2. The lowest BCUT2D eigenvalue weighted by Gasteiger charge is -2.29. The topological polar surface area (TPSA) is 98.5 Å². The normalized spacial score (nSPS) is 12.4. The summed E-state index contributed by atoms with van der Waals surface area (Å²) < 4.78 is 36.5. The fourth-order valence-electron chi connectivity index (χ4n) is 2.81. The molecule has 130 valence electrons. The minimum absolute atomic E-state index is 0.569. The summed E-state index contributed by atoms with van der Waals surface area (Å²) >= 11 is 0. The van der Waals surface area contributed by atoms with E-state index in [1.54, 1.807) is 0 Å². The molecule has 0 aliphatic rings. The number of hydrogen-bond donors (Lipinski definition) is 0. The predicted molar refractivity (Wildman–Crippen MR) is 77.1 cm³/mol. The van der Waals surface area contributed by atoms with E-state index in [0.717, 1.165) is 0 Å². The van der Waals surface area contributed by atoms with Crippen LogP contribution in [0.5, 0.6) is 0 Å². The van der Waals surface area contributed by atoms with Gasteiger partial charge >= 0.3 is 0 Å². The summed E-state index contributed by atoms with van der Waals surface area (Å²) in [4.78, 5) is 2.51. The molecule has 0 amide bonds. The van der Waals surface area contributed by atoms with E-state index in [4.69, 9.17) is 18.6 Å². The van der Waals surface area contributed by atoms with Crippen LogP contribution in [0.4, 0.5) is 5.69 Å². The quantitative estimate of drug-likeness (QED) is 0.580. The van der Waals surface area contributed by atoms with Gasteiger partial charge in [0.05, 0.1) is 0 Å². The van der Waals surface area contributed by atoms with Gasteiger partial charge in [-0.3, -0.25) is 0 Å². The average molecular weight is 337 g/mol. The molecule has 1 rings (SSSR count). The van der Waals surface area contributed by atoms with Crippen LogP contribution >= 0.6 is 0 Å². The molecule has 0 aliphatic heterocycles. The molecule has 0 saturated heterocycles. The van der Waals surface area contributed by atoms with Crippen molar-refractivity contribution < 1.29 is 28.9 Å². The number of nitrogens with zero attached hydrogens (tertiary/aromatic N) is 2. The molecule has 0 N–H and O–H groups in total. The third-order valence-electron chi connectivity index (χ3n) is 3.23. The van der Waals surface area contributed by atoms with E-state index in [9.17, 15) is 0 Å². The number of hydrogen-bond acceptors (Lipinski definition) is 5. The second-order valence-electron chi connectivity index (χ2n) is 6.48. The van der Waals surface area contributed by atoms with E-state index in [0.29, 0.717) is 24.2 Å². The van der Waals surface area contributed by atoms with Crippen LogP contribution in [0.3, 0.4) is 0 Å². The molecule has 0 atom stereocenters. The molecule has 1 aromatic rings. The summed E-state index contributed by atoms with van der Waals surface area (Å²) in [6.07, 6.45) is 0. The highest BCUT2D eigenvalue weighted by Crippen LogP contribution is 2.20. The summed E-state index contributed by atoms with van der Waals surface area (Å²) in [5, 5.41) is 1.44. The zero-order valence-corrected chi connectivity index (χ0v) is 15.5. The lowest BCUT2D eigenvalue weighted by Crippen LogP contribution is -2.68. The van der Waals surface area contributed by atoms with Gasteiger partial charge in [0.2, 0.25) is 5.36 Å². The van der Waals surface area contributed by atoms with Gasteiger partial charge in [-0.05, 0) is 55.4 Å². The first-order valence-electron chi connectivity index (χ1n) is 7.54. The SMILES string of the molecule is CC(C)N(c1cc1=[N+](C(C)C)C(C)C)C(C)C.[O-][Cl+3]([O-])([O-])[O-]. The predicted octanol–water partition coefficient (Wildman–Crippen LogP) is -1.98. The van der Waals surface area contributed by atoms with Crippen molar-refractivity contribution in [2.45, 2.75) is 79.6 Å². The maximum Gasteiger partial charge on any atom is 0.226 e. The van der Waals surface area contributed by atoms with Crippen molar-refractivity contribution in [3.05, 3.63) is 11.4 Å². The van der Waals surface area contributed by atoms with Crippen molar-refractivity contribution in [1.82, 2.24) is 4.58 Å². The molecular weight excluding hydrogens is 308 g/mol. The van der Waals surface area contributed by atoms with Gasteiger partial charge in [0, 0.05) is 18.2 Å². The van der Waals surface area contributed by atoms with Gasteiger partial charge in [0.25, 0.3) is 0 Å². The first kappa shape index (κ1) is 21.3. The average Bonchev–Trinajstić information content (AvgIpc) is 2.91. The minimum atomic E-state index is -4.94. The Hall–Kier alpha value is -0.660. The first-order valence-corrected chi connectivity index (χ1v) is 8.78. The van der Waals surface area contributed by atoms with Crippen LogP contribution in [0.25, 0.3) is 0 Å². The van der Waals surface area contributed by atoms with E-state index >= 15 is 0 Å². The molecule has 0 spiro atoms. The molecule has 0 radical (unpaired) electrons. The van der Waals surface area contributed by atoms with Crippen molar-refractivity contribution in [3.63, 3.8) is 0 Å². The Kier molecular flexibility index (Phi) is 8.02. The first-order chi connectivity index (χ1) is 9.77. The van der Waals surface area contributed by atoms with Gasteiger partial charge in [-0.2, -0.15) is 0 Å². The third kappa shape index (κ3) is 7.56. The molecule has 1 aromatic carbocycles. The van der Waals surface area contributed by atoms with Crippen molar-refractivity contribution in [3.8, 4) is 0 Å². The Labute approximate surface area is 135 Å². The van der Waals surface area contributed by atoms with E-state index < -0.39 is 10.2 Å². The van der Waals surface area contributed by atoms with E-state index in [1.165, 1.54) is 11.0 Å². The standard InChI is InChI=1S/C15H29N2.ClHO4/c1-10(2)16(11(3)4)14-9-15(14)17(12(5)6)13(7)8;2-1(3,4)5/h9-13H,1-8H3;(H,2,3,4,5)/q+1;/p-1. The zero-order valence-electron chi connectivity index (χ0n) is 14.8. The van der Waals surface area contributed by atoms with Crippen LogP contribution < -0.4 is 33.5 Å². The van der Waals surface area contributed by atoms with Gasteiger partial charge in [-0.1, -0.05) is 0 Å². The number of anilines is 1. The monoisotopic (exact) mass is 336 g/mol. The van der Waals surface area contributed by atoms with Crippen molar-refractivity contribution in [1.29, 1.82) is 0 Å². The molecule has 7 heteroatoms. The summed E-state index contributed by atoms with van der Waals surface area (Å²) in [6, 6.07) is 4.61. The summed E-state index contributed by atoms with van der Waals surface area (Å²) in [7, 11) is -4.94. The molecule has 0 unspecified atom stereocenters. The molecule has 0 heterocycles. The lowest BCUT2D eigenvalue weighted by atomic mass is 10.2. The molecule has 0 bridgehead atoms. The summed E-state index contributed by atoms with van der Waals surface area (Å²) in [5.74, 6) is 0. The Morgan fingerprint density at radius 1 is 0.818 bits per heavy atom. The van der Waals surface area contributed by atoms with Crippen LogP contribution in [0.15, 0.2) is 6.07 Å². The molecular formula is C15H29ClN2O4. The third-order valence-corrected chi connectivity index (χ3v) is 3.23. The molecule has 0 aliphatic carbocycles. The van der Waals surface area contributed by atoms with Gasteiger partial charge < -0.3 is 4.90 Å². The number of halogens is 1. The molecule has 6 nitrogen and oxygen atoms in total. The highest BCUT2D eigenvalue weighted by Gasteiger charge is 2.29. The Morgan fingerprint density at radius 2 is 1.14 bits per heavy atom. The van der Waals surface area contributed by atoms with Crippen LogP contribution in [-0.2, 0) is 0 Å². The van der Waals surface area contributed by atoms with Crippen LogP contribution in [0.1, 0.15) is 55.4 Å². The van der Waals surface area contributed by atoms with Gasteiger partial charge in [0.15, 0.2) is 0 Å². The smallest absolute Gasteiger partial charge is 0.226 e. The van der Waals surface area contributed by atoms with Gasteiger partial charge in [-0.25, -0.2) is 23.2 Å². The van der Waals surface area contributed by atoms with Crippen LogP contribution in [0, 0.1) is 10.2 Å². The molecule has 22 heavy (non-hydrogen) atoms. The molecule has 0 fully saturated rings. The van der Waals surface area contributed by atoms with E-state index in [2.05, 4.69) is 70.9 Å².